The summed E-state index contributed by atoms with van der Waals surface area (Å²) >= 11 is 6.44. The molecular formula is C21H20ClFN4O4. The number of H-pyrrole nitrogens is 1. The molecule has 3 N–H and O–H groups in total. The SMILES string of the molecule is O[C@@H]1CO[C@H]2[C@@H]1OC[C@H]2Oc1nc2nc(N[C@H]3CCc4cccc(F)c43)c(Cl)cc2[nH]1. The van der Waals surface area contributed by atoms with Crippen LogP contribution in [0.5, 0.6) is 6.01 Å². The molecule has 0 amide bonds. The van der Waals surface area contributed by atoms with E-state index in [1.165, 1.54) is 6.07 Å². The van der Waals surface area contributed by atoms with Gasteiger partial charge in [-0.1, -0.05) is 23.7 Å². The second kappa shape index (κ2) is 7.30. The fourth-order valence-corrected chi connectivity index (χ4v) is 4.89. The van der Waals surface area contributed by atoms with E-state index in [-0.39, 0.29) is 42.8 Å². The number of hydrogen-bond acceptors (Lipinski definition) is 7. The molecule has 10 heteroatoms. The first kappa shape index (κ1) is 19.2. The molecule has 31 heavy (non-hydrogen) atoms. The average Bonchev–Trinajstić information content (AvgIpc) is 3.50. The van der Waals surface area contributed by atoms with Crippen LogP contribution in [0.1, 0.15) is 23.6 Å². The number of fused-ring (bicyclic) bond motifs is 3. The van der Waals surface area contributed by atoms with E-state index in [1.54, 1.807) is 12.1 Å². The number of pyridine rings is 1. The molecule has 2 aliphatic heterocycles. The summed E-state index contributed by atoms with van der Waals surface area (Å²) in [5, 5.41) is 13.5. The van der Waals surface area contributed by atoms with Crippen LogP contribution in [0.4, 0.5) is 10.2 Å². The van der Waals surface area contributed by atoms with Gasteiger partial charge < -0.3 is 29.6 Å². The molecular weight excluding hydrogens is 427 g/mol. The minimum Gasteiger partial charge on any atom is -0.456 e. The number of aliphatic hydroxyl groups excluding tert-OH is 1. The predicted molar refractivity (Wildman–Crippen MR) is 110 cm³/mol. The van der Waals surface area contributed by atoms with E-state index in [0.29, 0.717) is 34.2 Å². The zero-order valence-electron chi connectivity index (χ0n) is 16.3. The lowest BCUT2D eigenvalue weighted by atomic mass is 10.1. The number of ether oxygens (including phenoxy) is 3. The lowest BCUT2D eigenvalue weighted by Gasteiger charge is -2.16. The van der Waals surface area contributed by atoms with Crippen LogP contribution in [-0.2, 0) is 15.9 Å². The molecule has 0 unspecified atom stereocenters. The number of imidazole rings is 1. The van der Waals surface area contributed by atoms with Gasteiger partial charge in [-0.3, -0.25) is 0 Å². The Morgan fingerprint density at radius 3 is 3.00 bits per heavy atom. The van der Waals surface area contributed by atoms with Crippen molar-refractivity contribution in [1.82, 2.24) is 15.0 Å². The molecule has 1 aliphatic carbocycles. The molecule has 0 bridgehead atoms. The van der Waals surface area contributed by atoms with Gasteiger partial charge in [-0.05, 0) is 30.5 Å². The average molecular weight is 447 g/mol. The Morgan fingerprint density at radius 2 is 2.10 bits per heavy atom. The Bertz CT molecular complexity index is 1160. The van der Waals surface area contributed by atoms with Gasteiger partial charge in [0.05, 0.1) is 29.8 Å². The van der Waals surface area contributed by atoms with Crippen molar-refractivity contribution in [2.45, 2.75) is 43.3 Å². The third-order valence-corrected chi connectivity index (χ3v) is 6.44. The maximum atomic E-state index is 14.3. The summed E-state index contributed by atoms with van der Waals surface area (Å²) in [4.78, 5) is 12.0. The molecule has 3 aliphatic rings. The topological polar surface area (TPSA) is 102 Å². The van der Waals surface area contributed by atoms with Gasteiger partial charge in [0.1, 0.15) is 29.9 Å². The largest absolute Gasteiger partial charge is 0.456 e. The monoisotopic (exact) mass is 446 g/mol. The Morgan fingerprint density at radius 1 is 1.23 bits per heavy atom. The van der Waals surface area contributed by atoms with Crippen molar-refractivity contribution in [3.8, 4) is 6.01 Å². The standard InChI is InChI=1S/C21H20ClFN4O4/c22-10-6-13-20(26-19(10)24-12-5-4-9-2-1-3-11(23)16(9)12)27-21(25-13)31-15-8-30-17-14(28)7-29-18(15)17/h1-3,6,12,14-15,17-18,28H,4-5,7-8H2,(H2,24,25,26,27)/t12-,14+,15+,17+,18+/m0/s1. The van der Waals surface area contributed by atoms with Gasteiger partial charge in [-0.15, -0.1) is 0 Å². The van der Waals surface area contributed by atoms with Crippen LogP contribution >= 0.6 is 11.6 Å². The van der Waals surface area contributed by atoms with E-state index >= 15 is 0 Å². The summed E-state index contributed by atoms with van der Waals surface area (Å²) in [6.07, 6.45) is -0.186. The third kappa shape index (κ3) is 3.23. The second-order valence-corrected chi connectivity index (χ2v) is 8.51. The molecule has 162 valence electrons. The first-order valence-electron chi connectivity index (χ1n) is 10.2. The number of rotatable bonds is 4. The van der Waals surface area contributed by atoms with E-state index in [4.69, 9.17) is 25.8 Å². The van der Waals surface area contributed by atoms with Crippen LogP contribution in [-0.4, -0.2) is 57.7 Å². The van der Waals surface area contributed by atoms with E-state index < -0.39 is 6.10 Å². The van der Waals surface area contributed by atoms with E-state index in [2.05, 4.69) is 20.3 Å². The quantitative estimate of drug-likeness (QED) is 0.566. The van der Waals surface area contributed by atoms with Gasteiger partial charge in [-0.2, -0.15) is 4.98 Å². The maximum Gasteiger partial charge on any atom is 0.296 e. The summed E-state index contributed by atoms with van der Waals surface area (Å²) in [5.74, 6) is 0.219. The smallest absolute Gasteiger partial charge is 0.296 e. The molecule has 8 nitrogen and oxygen atoms in total. The highest BCUT2D eigenvalue weighted by Gasteiger charge is 2.48. The summed E-state index contributed by atoms with van der Waals surface area (Å²) in [6, 6.07) is 6.93. The zero-order valence-corrected chi connectivity index (χ0v) is 17.1. The minimum atomic E-state index is -0.645. The number of nitrogens with zero attached hydrogens (tertiary/aromatic N) is 2. The normalized spacial score (nSPS) is 29.3. The van der Waals surface area contributed by atoms with Crippen LogP contribution in [0.3, 0.4) is 0 Å². The number of aromatic nitrogens is 3. The minimum absolute atomic E-state index is 0.202. The van der Waals surface area contributed by atoms with E-state index in [9.17, 15) is 9.50 Å². The molecule has 2 saturated heterocycles. The summed E-state index contributed by atoms with van der Waals surface area (Å²) < 4.78 is 31.4. The van der Waals surface area contributed by atoms with Crippen molar-refractivity contribution in [1.29, 1.82) is 0 Å². The number of nitrogens with one attached hydrogen (secondary N) is 2. The third-order valence-electron chi connectivity index (χ3n) is 6.15. The van der Waals surface area contributed by atoms with E-state index in [1.807, 2.05) is 6.07 Å². The Kier molecular flexibility index (Phi) is 4.53. The van der Waals surface area contributed by atoms with Crippen molar-refractivity contribution >= 4 is 28.6 Å². The molecule has 4 heterocycles. The van der Waals surface area contributed by atoms with Crippen LogP contribution in [0, 0.1) is 5.82 Å². The first-order chi connectivity index (χ1) is 15.1. The number of anilines is 1. The highest BCUT2D eigenvalue weighted by Crippen LogP contribution is 2.37. The number of halogens is 2. The van der Waals surface area contributed by atoms with Crippen LogP contribution < -0.4 is 10.1 Å². The lowest BCUT2D eigenvalue weighted by Crippen LogP contribution is -2.34. The summed E-state index contributed by atoms with van der Waals surface area (Å²) in [6.45, 7) is 0.531. The fraction of sp³-hybridized carbons (Fsp3) is 0.429. The highest BCUT2D eigenvalue weighted by molar-refractivity contribution is 6.33. The molecule has 1 aromatic carbocycles. The number of aliphatic hydroxyl groups is 1. The van der Waals surface area contributed by atoms with Crippen molar-refractivity contribution in [3.05, 3.63) is 46.2 Å². The van der Waals surface area contributed by atoms with Crippen LogP contribution in [0.15, 0.2) is 24.3 Å². The molecule has 6 rings (SSSR count). The molecule has 0 radical (unpaired) electrons. The Balaban J connectivity index is 1.24. The molecule has 3 aromatic rings. The van der Waals surface area contributed by atoms with Crippen molar-refractivity contribution in [2.75, 3.05) is 18.5 Å². The fourth-order valence-electron chi connectivity index (χ4n) is 4.68. The van der Waals surface area contributed by atoms with E-state index in [0.717, 1.165) is 18.4 Å². The van der Waals surface area contributed by atoms with Crippen LogP contribution in [0.2, 0.25) is 5.02 Å². The van der Waals surface area contributed by atoms with Crippen LogP contribution in [0.25, 0.3) is 11.2 Å². The molecule has 2 aromatic heterocycles. The molecule has 5 atom stereocenters. The van der Waals surface area contributed by atoms with Gasteiger partial charge in [-0.25, -0.2) is 9.37 Å². The first-order valence-corrected chi connectivity index (χ1v) is 10.6. The zero-order chi connectivity index (χ0) is 21.1. The van der Waals surface area contributed by atoms with Gasteiger partial charge in [0.25, 0.3) is 6.01 Å². The lowest BCUT2D eigenvalue weighted by molar-refractivity contribution is 0.00706. The number of hydrogen-bond donors (Lipinski definition) is 3. The number of aromatic amines is 1. The maximum absolute atomic E-state index is 14.3. The Labute approximate surface area is 181 Å². The molecule has 2 fully saturated rings. The van der Waals surface area contributed by atoms with Gasteiger partial charge >= 0.3 is 0 Å². The summed E-state index contributed by atoms with van der Waals surface area (Å²) in [5.41, 5.74) is 2.71. The molecule has 0 saturated carbocycles. The second-order valence-electron chi connectivity index (χ2n) is 8.10. The predicted octanol–water partition coefficient (Wildman–Crippen LogP) is 2.76. The Hall–Kier alpha value is -2.46. The van der Waals surface area contributed by atoms with Gasteiger partial charge in [0.15, 0.2) is 11.8 Å². The van der Waals surface area contributed by atoms with Gasteiger partial charge in [0, 0.05) is 5.56 Å². The van der Waals surface area contributed by atoms with Gasteiger partial charge in [0.2, 0.25) is 0 Å². The number of benzene rings is 1. The molecule has 0 spiro atoms. The van der Waals surface area contributed by atoms with Crippen molar-refractivity contribution in [3.63, 3.8) is 0 Å². The van der Waals surface area contributed by atoms with Crippen molar-refractivity contribution in [2.24, 2.45) is 0 Å². The highest BCUT2D eigenvalue weighted by atomic mass is 35.5. The van der Waals surface area contributed by atoms with Crippen molar-refractivity contribution < 1.29 is 23.7 Å². The number of aryl methyl sites for hydroxylation is 1. The summed E-state index contributed by atoms with van der Waals surface area (Å²) in [7, 11) is 0.